The number of nitrogens with one attached hydrogen (secondary N) is 1. The molecule has 0 bridgehead atoms. The molecule has 5 heteroatoms. The summed E-state index contributed by atoms with van der Waals surface area (Å²) in [5.74, 6) is -0.425. The lowest BCUT2D eigenvalue weighted by molar-refractivity contribution is -0.137. The van der Waals surface area contributed by atoms with Gasteiger partial charge in [-0.15, -0.1) is 0 Å². The van der Waals surface area contributed by atoms with Gasteiger partial charge in [0.1, 0.15) is 0 Å². The lowest BCUT2D eigenvalue weighted by atomic mass is 10.1. The summed E-state index contributed by atoms with van der Waals surface area (Å²) in [5.41, 5.74) is 1.11. The third kappa shape index (κ3) is 4.23. The van der Waals surface area contributed by atoms with Gasteiger partial charge in [-0.25, -0.2) is 0 Å². The number of carbonyl (C=O) groups is 2. The Balaban J connectivity index is 1.69. The van der Waals surface area contributed by atoms with Crippen LogP contribution in [-0.4, -0.2) is 23.5 Å². The summed E-state index contributed by atoms with van der Waals surface area (Å²) < 4.78 is 0. The molecule has 0 saturated heterocycles. The lowest BCUT2D eigenvalue weighted by Gasteiger charge is -2.04. The van der Waals surface area contributed by atoms with Gasteiger partial charge in [-0.05, 0) is 42.9 Å². The van der Waals surface area contributed by atoms with E-state index in [9.17, 15) is 9.59 Å². The van der Waals surface area contributed by atoms with E-state index in [2.05, 4.69) is 5.32 Å². The molecule has 0 unspecified atom stereocenters. The van der Waals surface area contributed by atoms with Crippen molar-refractivity contribution >= 4 is 23.5 Å². The van der Waals surface area contributed by atoms with Gasteiger partial charge >= 0.3 is 5.97 Å². The number of aliphatic carboxylic acids is 1. The van der Waals surface area contributed by atoms with E-state index < -0.39 is 5.97 Å². The Morgan fingerprint density at radius 3 is 2.85 bits per heavy atom. The molecule has 0 spiro atoms. The number of carbonyl (C=O) groups excluding carboxylic acids is 1. The van der Waals surface area contributed by atoms with Crippen molar-refractivity contribution in [1.29, 1.82) is 0 Å². The largest absolute Gasteiger partial charge is 0.481 e. The van der Waals surface area contributed by atoms with E-state index in [4.69, 9.17) is 16.7 Å². The Bertz CT molecular complexity index is 504. The van der Waals surface area contributed by atoms with Crippen LogP contribution in [0.5, 0.6) is 0 Å². The molecule has 1 fully saturated rings. The molecule has 1 aromatic rings. The number of hydrogen-bond acceptors (Lipinski definition) is 2. The van der Waals surface area contributed by atoms with Crippen LogP contribution in [0.2, 0.25) is 5.02 Å². The van der Waals surface area contributed by atoms with Gasteiger partial charge in [-0.2, -0.15) is 0 Å². The fourth-order valence-corrected chi connectivity index (χ4v) is 2.53. The highest BCUT2D eigenvalue weighted by Crippen LogP contribution is 2.47. The van der Waals surface area contributed by atoms with Crippen LogP contribution in [-0.2, 0) is 9.59 Å². The van der Waals surface area contributed by atoms with Crippen molar-refractivity contribution in [3.8, 4) is 0 Å². The number of carboxylic acids is 1. The van der Waals surface area contributed by atoms with Gasteiger partial charge in [0.05, 0.1) is 0 Å². The predicted octanol–water partition coefficient (Wildman–Crippen LogP) is 2.81. The van der Waals surface area contributed by atoms with Crippen LogP contribution < -0.4 is 5.32 Å². The number of unbranched alkanes of at least 4 members (excludes halogenated alkanes) is 1. The zero-order valence-corrected chi connectivity index (χ0v) is 11.9. The molecule has 2 atom stereocenters. The van der Waals surface area contributed by atoms with E-state index in [1.807, 2.05) is 24.3 Å². The zero-order chi connectivity index (χ0) is 14.5. The average Bonchev–Trinajstić information content (AvgIpc) is 3.18. The molecule has 20 heavy (non-hydrogen) atoms. The molecule has 1 aliphatic carbocycles. The smallest absolute Gasteiger partial charge is 0.303 e. The van der Waals surface area contributed by atoms with Gasteiger partial charge < -0.3 is 10.4 Å². The molecular weight excluding hydrogens is 278 g/mol. The molecule has 1 aliphatic rings. The molecule has 1 saturated carbocycles. The molecule has 2 N–H and O–H groups in total. The normalized spacial score (nSPS) is 20.4. The number of benzene rings is 1. The average molecular weight is 296 g/mol. The van der Waals surface area contributed by atoms with Crippen LogP contribution in [0.4, 0.5) is 0 Å². The van der Waals surface area contributed by atoms with Gasteiger partial charge in [0.2, 0.25) is 5.91 Å². The third-order valence-electron chi connectivity index (χ3n) is 3.52. The summed E-state index contributed by atoms with van der Waals surface area (Å²) in [6.45, 7) is 0.547. The van der Waals surface area contributed by atoms with Crippen molar-refractivity contribution in [2.24, 2.45) is 5.92 Å². The standard InChI is InChI=1S/C15H18ClNO3/c16-11-5-3-4-10(8-11)12-9-13(12)15(20)17-7-2-1-6-14(18)19/h3-5,8,12-13H,1-2,6-7,9H2,(H,17,20)(H,18,19)/t12-,13+/m1/s1. The Morgan fingerprint density at radius 1 is 1.35 bits per heavy atom. The second kappa shape index (κ2) is 6.75. The zero-order valence-electron chi connectivity index (χ0n) is 11.1. The first kappa shape index (κ1) is 14.9. The van der Waals surface area contributed by atoms with Crippen LogP contribution in [0.1, 0.15) is 37.2 Å². The van der Waals surface area contributed by atoms with Crippen LogP contribution in [0, 0.1) is 5.92 Å². The van der Waals surface area contributed by atoms with E-state index in [1.54, 1.807) is 0 Å². The van der Waals surface area contributed by atoms with E-state index in [1.165, 1.54) is 0 Å². The second-order valence-electron chi connectivity index (χ2n) is 5.15. The molecule has 2 rings (SSSR count). The SMILES string of the molecule is O=C(O)CCCCNC(=O)[C@H]1C[C@@H]1c1cccc(Cl)c1. The van der Waals surface area contributed by atoms with E-state index in [-0.39, 0.29) is 24.2 Å². The Hall–Kier alpha value is -1.55. The van der Waals surface area contributed by atoms with Crippen LogP contribution in [0.25, 0.3) is 0 Å². The Labute approximate surface area is 123 Å². The third-order valence-corrected chi connectivity index (χ3v) is 3.76. The first-order valence-corrected chi connectivity index (χ1v) is 7.20. The molecule has 0 aliphatic heterocycles. The van der Waals surface area contributed by atoms with Gasteiger partial charge in [0.15, 0.2) is 0 Å². The van der Waals surface area contributed by atoms with Crippen LogP contribution in [0.3, 0.4) is 0 Å². The fourth-order valence-electron chi connectivity index (χ4n) is 2.33. The van der Waals surface area contributed by atoms with Crippen molar-refractivity contribution in [3.63, 3.8) is 0 Å². The highest BCUT2D eigenvalue weighted by atomic mass is 35.5. The number of carboxylic acid groups (broad SMARTS) is 1. The first-order chi connectivity index (χ1) is 9.58. The van der Waals surface area contributed by atoms with Gasteiger partial charge in [-0.3, -0.25) is 9.59 Å². The summed E-state index contributed by atoms with van der Waals surface area (Å²) in [6, 6.07) is 7.63. The van der Waals surface area contributed by atoms with Gasteiger partial charge in [0.25, 0.3) is 0 Å². The quantitative estimate of drug-likeness (QED) is 0.760. The number of hydrogen-bond donors (Lipinski definition) is 2. The molecule has 4 nitrogen and oxygen atoms in total. The van der Waals surface area contributed by atoms with Crippen molar-refractivity contribution in [2.45, 2.75) is 31.6 Å². The number of halogens is 1. The summed E-state index contributed by atoms with van der Waals surface area (Å²) in [7, 11) is 0. The van der Waals surface area contributed by atoms with E-state index >= 15 is 0 Å². The molecule has 0 aromatic heterocycles. The molecular formula is C15H18ClNO3. The molecule has 1 amide bonds. The van der Waals surface area contributed by atoms with Crippen molar-refractivity contribution in [1.82, 2.24) is 5.32 Å². The number of rotatable bonds is 7. The van der Waals surface area contributed by atoms with Crippen molar-refractivity contribution < 1.29 is 14.7 Å². The van der Waals surface area contributed by atoms with E-state index in [0.29, 0.717) is 24.4 Å². The van der Waals surface area contributed by atoms with Gasteiger partial charge in [0, 0.05) is 23.9 Å². The highest BCUT2D eigenvalue weighted by molar-refractivity contribution is 6.30. The maximum absolute atomic E-state index is 11.9. The Kier molecular flexibility index (Phi) is 5.01. The van der Waals surface area contributed by atoms with Crippen molar-refractivity contribution in [3.05, 3.63) is 34.9 Å². The minimum Gasteiger partial charge on any atom is -0.481 e. The predicted molar refractivity (Wildman–Crippen MR) is 76.8 cm³/mol. The lowest BCUT2D eigenvalue weighted by Crippen LogP contribution is -2.26. The minimum absolute atomic E-state index is 0.0351. The topological polar surface area (TPSA) is 66.4 Å². The Morgan fingerprint density at radius 2 is 2.15 bits per heavy atom. The number of amides is 1. The molecule has 1 aromatic carbocycles. The highest BCUT2D eigenvalue weighted by Gasteiger charge is 2.43. The van der Waals surface area contributed by atoms with Crippen molar-refractivity contribution in [2.75, 3.05) is 6.54 Å². The summed E-state index contributed by atoms with van der Waals surface area (Å²) in [6.07, 6.45) is 2.32. The van der Waals surface area contributed by atoms with E-state index in [0.717, 1.165) is 12.0 Å². The van der Waals surface area contributed by atoms with Crippen LogP contribution >= 0.6 is 11.6 Å². The van der Waals surface area contributed by atoms with Gasteiger partial charge in [-0.1, -0.05) is 23.7 Å². The first-order valence-electron chi connectivity index (χ1n) is 6.83. The maximum atomic E-state index is 11.9. The molecule has 108 valence electrons. The maximum Gasteiger partial charge on any atom is 0.303 e. The summed E-state index contributed by atoms with van der Waals surface area (Å²) in [4.78, 5) is 22.3. The molecule has 0 heterocycles. The fraction of sp³-hybridized carbons (Fsp3) is 0.467. The summed E-state index contributed by atoms with van der Waals surface area (Å²) in [5, 5.41) is 12.1. The monoisotopic (exact) mass is 295 g/mol. The second-order valence-corrected chi connectivity index (χ2v) is 5.58. The summed E-state index contributed by atoms with van der Waals surface area (Å²) >= 11 is 5.94. The molecule has 0 radical (unpaired) electrons. The van der Waals surface area contributed by atoms with Crippen LogP contribution in [0.15, 0.2) is 24.3 Å². The minimum atomic E-state index is -0.792.